The summed E-state index contributed by atoms with van der Waals surface area (Å²) in [6.45, 7) is 8.69. The average molecular weight is 224 g/mol. The van der Waals surface area contributed by atoms with E-state index in [9.17, 15) is 4.79 Å². The number of hydrogen-bond donors (Lipinski definition) is 0. The van der Waals surface area contributed by atoms with Crippen LogP contribution in [0, 0.1) is 11.3 Å². The summed E-state index contributed by atoms with van der Waals surface area (Å²) in [5, 5.41) is 0. The molecule has 0 heterocycles. The molecule has 16 heavy (non-hydrogen) atoms. The lowest BCUT2D eigenvalue weighted by Crippen LogP contribution is -2.42. The molecule has 0 aromatic rings. The third-order valence-electron chi connectivity index (χ3n) is 4.36. The van der Waals surface area contributed by atoms with E-state index in [0.717, 1.165) is 25.7 Å². The van der Waals surface area contributed by atoms with E-state index in [0.29, 0.717) is 17.8 Å². The molecule has 2 aliphatic rings. The summed E-state index contributed by atoms with van der Waals surface area (Å²) >= 11 is 0. The lowest BCUT2D eigenvalue weighted by molar-refractivity contribution is -0.135. The van der Waals surface area contributed by atoms with Crippen molar-refractivity contribution in [1.82, 2.24) is 0 Å². The van der Waals surface area contributed by atoms with Gasteiger partial charge in [0.2, 0.25) is 0 Å². The van der Waals surface area contributed by atoms with Crippen molar-refractivity contribution in [3.8, 4) is 0 Å². The number of hydrogen-bond acceptors (Lipinski definition) is 2. The average Bonchev–Trinajstić information content (AvgIpc) is 2.43. The first-order chi connectivity index (χ1) is 7.31. The first-order valence-electron chi connectivity index (χ1n) is 6.51. The highest BCUT2D eigenvalue weighted by Gasteiger charge is 2.50. The van der Waals surface area contributed by atoms with Gasteiger partial charge >= 0.3 is 0 Å². The van der Waals surface area contributed by atoms with Gasteiger partial charge < -0.3 is 4.74 Å². The highest BCUT2D eigenvalue weighted by Crippen LogP contribution is 2.53. The van der Waals surface area contributed by atoms with Gasteiger partial charge in [-0.1, -0.05) is 6.92 Å². The topological polar surface area (TPSA) is 26.3 Å². The van der Waals surface area contributed by atoms with E-state index < -0.39 is 0 Å². The summed E-state index contributed by atoms with van der Waals surface area (Å²) in [6.07, 6.45) is 5.23. The monoisotopic (exact) mass is 224 g/mol. The molecule has 2 fully saturated rings. The van der Waals surface area contributed by atoms with Gasteiger partial charge in [0.05, 0.1) is 11.7 Å². The Labute approximate surface area is 98.7 Å². The Morgan fingerprint density at radius 2 is 2.00 bits per heavy atom. The standard InChI is InChI=1S/C14H24O2/c1-13(2,3)16-12-6-5-10-9-11(15)7-8-14(10,12)4/h10,12H,5-9H2,1-4H3/t10?,12-,14-/m0/s1. The highest BCUT2D eigenvalue weighted by atomic mass is 16.5. The van der Waals surface area contributed by atoms with Gasteiger partial charge in [0.15, 0.2) is 0 Å². The lowest BCUT2D eigenvalue weighted by atomic mass is 9.68. The molecule has 0 aliphatic heterocycles. The van der Waals surface area contributed by atoms with Crippen molar-refractivity contribution in [2.45, 2.75) is 71.5 Å². The van der Waals surface area contributed by atoms with Crippen LogP contribution in [-0.2, 0) is 9.53 Å². The molecule has 0 spiro atoms. The van der Waals surface area contributed by atoms with Crippen LogP contribution in [0.1, 0.15) is 59.8 Å². The maximum Gasteiger partial charge on any atom is 0.133 e. The van der Waals surface area contributed by atoms with Crippen LogP contribution in [-0.4, -0.2) is 17.5 Å². The number of Topliss-reactive ketones (excluding diaryl/α,β-unsaturated/α-hetero) is 1. The Morgan fingerprint density at radius 3 is 2.62 bits per heavy atom. The highest BCUT2D eigenvalue weighted by molar-refractivity contribution is 5.79. The van der Waals surface area contributed by atoms with Crippen LogP contribution >= 0.6 is 0 Å². The predicted molar refractivity (Wildman–Crippen MR) is 64.3 cm³/mol. The number of carbonyl (C=O) groups excluding carboxylic acids is 1. The molecule has 0 amide bonds. The van der Waals surface area contributed by atoms with Crippen molar-refractivity contribution in [3.63, 3.8) is 0 Å². The van der Waals surface area contributed by atoms with Gasteiger partial charge in [0.25, 0.3) is 0 Å². The minimum absolute atomic E-state index is 0.0655. The van der Waals surface area contributed by atoms with E-state index in [4.69, 9.17) is 4.74 Å². The minimum atomic E-state index is -0.0655. The summed E-state index contributed by atoms with van der Waals surface area (Å²) < 4.78 is 6.20. The van der Waals surface area contributed by atoms with Crippen molar-refractivity contribution in [1.29, 1.82) is 0 Å². The van der Waals surface area contributed by atoms with Gasteiger partial charge in [-0.25, -0.2) is 0 Å². The first-order valence-corrected chi connectivity index (χ1v) is 6.51. The summed E-state index contributed by atoms with van der Waals surface area (Å²) in [6, 6.07) is 0. The van der Waals surface area contributed by atoms with E-state index in [-0.39, 0.29) is 11.0 Å². The van der Waals surface area contributed by atoms with Crippen molar-refractivity contribution in [3.05, 3.63) is 0 Å². The Kier molecular flexibility index (Phi) is 2.90. The zero-order chi connectivity index (χ0) is 12.0. The first kappa shape index (κ1) is 12.1. The Bertz CT molecular complexity index is 290. The third kappa shape index (κ3) is 2.17. The molecule has 2 saturated carbocycles. The number of rotatable bonds is 1. The molecule has 0 aromatic carbocycles. The molecule has 2 aliphatic carbocycles. The molecule has 92 valence electrons. The zero-order valence-electron chi connectivity index (χ0n) is 11.0. The number of fused-ring (bicyclic) bond motifs is 1. The predicted octanol–water partition coefficient (Wildman–Crippen LogP) is 3.34. The van der Waals surface area contributed by atoms with E-state index in [1.54, 1.807) is 0 Å². The summed E-state index contributed by atoms with van der Waals surface area (Å²) in [7, 11) is 0. The fourth-order valence-electron chi connectivity index (χ4n) is 3.38. The Morgan fingerprint density at radius 1 is 1.31 bits per heavy atom. The van der Waals surface area contributed by atoms with Crippen molar-refractivity contribution < 1.29 is 9.53 Å². The van der Waals surface area contributed by atoms with Crippen LogP contribution in [0.2, 0.25) is 0 Å². The molecule has 1 unspecified atom stereocenters. The van der Waals surface area contributed by atoms with Gasteiger partial charge in [-0.3, -0.25) is 4.79 Å². The van der Waals surface area contributed by atoms with Gasteiger partial charge in [-0.05, 0) is 51.4 Å². The maximum absolute atomic E-state index is 11.5. The maximum atomic E-state index is 11.5. The molecule has 2 heteroatoms. The van der Waals surface area contributed by atoms with Crippen molar-refractivity contribution in [2.75, 3.05) is 0 Å². The quantitative estimate of drug-likeness (QED) is 0.683. The molecule has 0 N–H and O–H groups in total. The normalized spacial score (nSPS) is 39.9. The van der Waals surface area contributed by atoms with Gasteiger partial charge in [0, 0.05) is 12.8 Å². The van der Waals surface area contributed by atoms with Gasteiger partial charge in [0.1, 0.15) is 5.78 Å². The van der Waals surface area contributed by atoms with Crippen LogP contribution < -0.4 is 0 Å². The number of ether oxygens (including phenoxy) is 1. The second-order valence-electron chi connectivity index (χ2n) is 6.74. The molecular weight excluding hydrogens is 200 g/mol. The third-order valence-corrected chi connectivity index (χ3v) is 4.36. The fourth-order valence-corrected chi connectivity index (χ4v) is 3.38. The molecule has 2 rings (SSSR count). The summed E-state index contributed by atoms with van der Waals surface area (Å²) in [5.41, 5.74) is 0.186. The minimum Gasteiger partial charge on any atom is -0.372 e. The number of ketones is 1. The molecule has 3 atom stereocenters. The fraction of sp³-hybridized carbons (Fsp3) is 0.929. The summed E-state index contributed by atoms with van der Waals surface area (Å²) in [4.78, 5) is 11.5. The van der Waals surface area contributed by atoms with E-state index in [2.05, 4.69) is 27.7 Å². The van der Waals surface area contributed by atoms with Gasteiger partial charge in [-0.2, -0.15) is 0 Å². The van der Waals surface area contributed by atoms with E-state index in [1.165, 1.54) is 6.42 Å². The Hall–Kier alpha value is -0.370. The smallest absolute Gasteiger partial charge is 0.133 e. The van der Waals surface area contributed by atoms with Crippen LogP contribution in [0.15, 0.2) is 0 Å². The molecule has 0 saturated heterocycles. The molecular formula is C14H24O2. The zero-order valence-corrected chi connectivity index (χ0v) is 11.0. The van der Waals surface area contributed by atoms with Gasteiger partial charge in [-0.15, -0.1) is 0 Å². The van der Waals surface area contributed by atoms with Crippen molar-refractivity contribution >= 4 is 5.78 Å². The SMILES string of the molecule is CC(C)(C)O[C@H]1CCC2CC(=O)CC[C@@]21C. The van der Waals surface area contributed by atoms with E-state index >= 15 is 0 Å². The summed E-state index contributed by atoms with van der Waals surface area (Å²) in [5.74, 6) is 1.03. The van der Waals surface area contributed by atoms with Crippen molar-refractivity contribution in [2.24, 2.45) is 11.3 Å². The van der Waals surface area contributed by atoms with E-state index in [1.807, 2.05) is 0 Å². The largest absolute Gasteiger partial charge is 0.372 e. The van der Waals surface area contributed by atoms with Crippen LogP contribution in [0.4, 0.5) is 0 Å². The molecule has 0 aromatic heterocycles. The second-order valence-corrected chi connectivity index (χ2v) is 6.74. The van der Waals surface area contributed by atoms with Crippen LogP contribution in [0.3, 0.4) is 0 Å². The van der Waals surface area contributed by atoms with Crippen LogP contribution in [0.5, 0.6) is 0 Å². The van der Waals surface area contributed by atoms with Crippen LogP contribution in [0.25, 0.3) is 0 Å². The molecule has 0 bridgehead atoms. The lowest BCUT2D eigenvalue weighted by Gasteiger charge is -2.42. The molecule has 2 nitrogen and oxygen atoms in total. The Balaban J connectivity index is 2.10. The molecule has 0 radical (unpaired) electrons. The number of carbonyl (C=O) groups is 1. The second kappa shape index (κ2) is 3.83.